The molecule has 1 saturated carbocycles. The second-order valence-corrected chi connectivity index (χ2v) is 7.40. The third-order valence-electron chi connectivity index (χ3n) is 5.09. The minimum Gasteiger partial charge on any atom is -0.376 e. The van der Waals surface area contributed by atoms with Crippen LogP contribution < -0.4 is 5.73 Å². The predicted molar refractivity (Wildman–Crippen MR) is 75.5 cm³/mol. The summed E-state index contributed by atoms with van der Waals surface area (Å²) in [6.45, 7) is 14.2. The van der Waals surface area contributed by atoms with Gasteiger partial charge >= 0.3 is 0 Å². The zero-order valence-corrected chi connectivity index (χ0v) is 12.7. The summed E-state index contributed by atoms with van der Waals surface area (Å²) in [7, 11) is 0. The maximum absolute atomic E-state index is 6.24. The Morgan fingerprint density at radius 1 is 1.28 bits per heavy atom. The molecule has 2 rings (SSSR count). The lowest BCUT2D eigenvalue weighted by Crippen LogP contribution is -2.63. The van der Waals surface area contributed by atoms with E-state index in [9.17, 15) is 0 Å². The van der Waals surface area contributed by atoms with Crippen molar-refractivity contribution in [2.75, 3.05) is 19.7 Å². The zero-order chi connectivity index (χ0) is 13.6. The third kappa shape index (κ3) is 2.33. The Hall–Kier alpha value is -0.120. The van der Waals surface area contributed by atoms with Crippen LogP contribution in [-0.2, 0) is 4.74 Å². The fourth-order valence-corrected chi connectivity index (χ4v) is 4.39. The molecule has 1 aliphatic carbocycles. The summed E-state index contributed by atoms with van der Waals surface area (Å²) < 4.78 is 5.77. The molecule has 2 N–H and O–H groups in total. The van der Waals surface area contributed by atoms with Crippen LogP contribution in [0.4, 0.5) is 0 Å². The van der Waals surface area contributed by atoms with Gasteiger partial charge < -0.3 is 10.5 Å². The summed E-state index contributed by atoms with van der Waals surface area (Å²) in [6, 6.07) is 0.487. The molecule has 1 heterocycles. The average molecular weight is 254 g/mol. The zero-order valence-electron chi connectivity index (χ0n) is 12.7. The van der Waals surface area contributed by atoms with Crippen molar-refractivity contribution in [2.45, 2.75) is 65.1 Å². The van der Waals surface area contributed by atoms with Crippen molar-refractivity contribution in [3.05, 3.63) is 0 Å². The highest BCUT2D eigenvalue weighted by Crippen LogP contribution is 2.50. The van der Waals surface area contributed by atoms with Gasteiger partial charge in [-0.15, -0.1) is 0 Å². The molecule has 0 aromatic carbocycles. The first kappa shape index (κ1) is 14.3. The molecule has 3 heteroatoms. The van der Waals surface area contributed by atoms with Crippen molar-refractivity contribution in [2.24, 2.45) is 17.1 Å². The second-order valence-electron chi connectivity index (χ2n) is 7.40. The summed E-state index contributed by atoms with van der Waals surface area (Å²) in [5.41, 5.74) is 6.83. The lowest BCUT2D eigenvalue weighted by atomic mass is 9.83. The molecule has 3 nitrogen and oxygen atoms in total. The smallest absolute Gasteiger partial charge is 0.0675 e. The number of hydrogen-bond acceptors (Lipinski definition) is 3. The first-order valence-corrected chi connectivity index (χ1v) is 7.39. The van der Waals surface area contributed by atoms with E-state index in [2.05, 4.69) is 39.5 Å². The van der Waals surface area contributed by atoms with E-state index in [1.165, 1.54) is 12.8 Å². The Morgan fingerprint density at radius 2 is 1.94 bits per heavy atom. The molecule has 0 aromatic heterocycles. The van der Waals surface area contributed by atoms with E-state index in [-0.39, 0.29) is 5.54 Å². The molecule has 106 valence electrons. The fourth-order valence-electron chi connectivity index (χ4n) is 4.39. The van der Waals surface area contributed by atoms with Gasteiger partial charge in [0.1, 0.15) is 0 Å². The molecule has 0 spiro atoms. The summed E-state index contributed by atoms with van der Waals surface area (Å²) in [5.74, 6) is 0.672. The fraction of sp³-hybridized carbons (Fsp3) is 1.00. The molecule has 4 atom stereocenters. The average Bonchev–Trinajstić information content (AvgIpc) is 2.52. The SMILES string of the molecule is CC1CN(C2(CN)CC(C)(C)CC2C)C(C)CO1. The van der Waals surface area contributed by atoms with Gasteiger partial charge in [0.05, 0.1) is 12.7 Å². The molecule has 0 aromatic rings. The quantitative estimate of drug-likeness (QED) is 0.821. The molecule has 1 aliphatic heterocycles. The van der Waals surface area contributed by atoms with Crippen molar-refractivity contribution in [3.63, 3.8) is 0 Å². The van der Waals surface area contributed by atoms with Gasteiger partial charge in [-0.3, -0.25) is 4.90 Å². The molecule has 0 bridgehead atoms. The molecular weight excluding hydrogens is 224 g/mol. The molecule has 18 heavy (non-hydrogen) atoms. The van der Waals surface area contributed by atoms with Gasteiger partial charge in [-0.05, 0) is 38.0 Å². The maximum atomic E-state index is 6.24. The Kier molecular flexibility index (Phi) is 3.79. The van der Waals surface area contributed by atoms with Gasteiger partial charge in [0.15, 0.2) is 0 Å². The lowest BCUT2D eigenvalue weighted by molar-refractivity contribution is -0.102. The lowest BCUT2D eigenvalue weighted by Gasteiger charge is -2.51. The molecule has 2 fully saturated rings. The molecule has 0 radical (unpaired) electrons. The Labute approximate surface area is 112 Å². The highest BCUT2D eigenvalue weighted by atomic mass is 16.5. The summed E-state index contributed by atoms with van der Waals surface area (Å²) in [6.07, 6.45) is 2.83. The number of nitrogens with two attached hydrogens (primary N) is 1. The van der Waals surface area contributed by atoms with E-state index in [4.69, 9.17) is 10.5 Å². The first-order valence-electron chi connectivity index (χ1n) is 7.39. The monoisotopic (exact) mass is 254 g/mol. The minimum atomic E-state index is 0.182. The van der Waals surface area contributed by atoms with E-state index in [1.54, 1.807) is 0 Å². The molecule has 0 amide bonds. The Balaban J connectivity index is 2.26. The number of nitrogens with zero attached hydrogens (tertiary/aromatic N) is 1. The highest BCUT2D eigenvalue weighted by Gasteiger charge is 2.53. The maximum Gasteiger partial charge on any atom is 0.0675 e. The van der Waals surface area contributed by atoms with Crippen LogP contribution in [-0.4, -0.2) is 42.3 Å². The van der Waals surface area contributed by atoms with Crippen molar-refractivity contribution >= 4 is 0 Å². The normalized spacial score (nSPS) is 45.3. The van der Waals surface area contributed by atoms with Crippen LogP contribution in [0.15, 0.2) is 0 Å². The standard InChI is InChI=1S/C15H30N2O/c1-11-6-14(4,5)9-15(11,10-16)17-7-13(3)18-8-12(17)2/h11-13H,6-10,16H2,1-5H3. The summed E-state index contributed by atoms with van der Waals surface area (Å²) in [5, 5.41) is 0. The molecule has 4 unspecified atom stereocenters. The second kappa shape index (κ2) is 4.77. The third-order valence-corrected chi connectivity index (χ3v) is 5.09. The molecular formula is C15H30N2O. The number of rotatable bonds is 2. The summed E-state index contributed by atoms with van der Waals surface area (Å²) in [4.78, 5) is 2.65. The van der Waals surface area contributed by atoms with Crippen LogP contribution in [0.5, 0.6) is 0 Å². The predicted octanol–water partition coefficient (Wildman–Crippen LogP) is 2.25. The van der Waals surface area contributed by atoms with E-state index in [0.717, 1.165) is 19.7 Å². The van der Waals surface area contributed by atoms with Gasteiger partial charge in [-0.2, -0.15) is 0 Å². The van der Waals surface area contributed by atoms with E-state index in [0.29, 0.717) is 23.5 Å². The van der Waals surface area contributed by atoms with E-state index < -0.39 is 0 Å². The van der Waals surface area contributed by atoms with Crippen LogP contribution in [0, 0.1) is 11.3 Å². The number of ether oxygens (including phenoxy) is 1. The van der Waals surface area contributed by atoms with Crippen molar-refractivity contribution in [1.29, 1.82) is 0 Å². The Bertz CT molecular complexity index is 305. The van der Waals surface area contributed by atoms with Gasteiger partial charge in [0.2, 0.25) is 0 Å². The van der Waals surface area contributed by atoms with Gasteiger partial charge in [0, 0.05) is 24.7 Å². The van der Waals surface area contributed by atoms with Crippen molar-refractivity contribution in [3.8, 4) is 0 Å². The molecule has 2 aliphatic rings. The van der Waals surface area contributed by atoms with Gasteiger partial charge in [-0.25, -0.2) is 0 Å². The Morgan fingerprint density at radius 3 is 2.44 bits per heavy atom. The van der Waals surface area contributed by atoms with Crippen LogP contribution in [0.25, 0.3) is 0 Å². The number of morpholine rings is 1. The van der Waals surface area contributed by atoms with E-state index in [1.807, 2.05) is 0 Å². The number of hydrogen-bond donors (Lipinski definition) is 1. The van der Waals surface area contributed by atoms with Gasteiger partial charge in [0.25, 0.3) is 0 Å². The van der Waals surface area contributed by atoms with Crippen LogP contribution in [0.1, 0.15) is 47.5 Å². The van der Waals surface area contributed by atoms with Crippen LogP contribution in [0.2, 0.25) is 0 Å². The van der Waals surface area contributed by atoms with Crippen LogP contribution in [0.3, 0.4) is 0 Å². The largest absolute Gasteiger partial charge is 0.376 e. The topological polar surface area (TPSA) is 38.5 Å². The van der Waals surface area contributed by atoms with Crippen LogP contribution >= 0.6 is 0 Å². The van der Waals surface area contributed by atoms with Crippen molar-refractivity contribution in [1.82, 2.24) is 4.90 Å². The first-order chi connectivity index (χ1) is 8.31. The minimum absolute atomic E-state index is 0.182. The summed E-state index contributed by atoms with van der Waals surface area (Å²) >= 11 is 0. The van der Waals surface area contributed by atoms with Gasteiger partial charge in [-0.1, -0.05) is 20.8 Å². The van der Waals surface area contributed by atoms with Crippen molar-refractivity contribution < 1.29 is 4.74 Å². The van der Waals surface area contributed by atoms with E-state index >= 15 is 0 Å². The highest BCUT2D eigenvalue weighted by molar-refractivity contribution is 5.08. The molecule has 1 saturated heterocycles.